The number of nitrogens with zero attached hydrogens (tertiary/aromatic N) is 2. The molecule has 0 aliphatic carbocycles. The van der Waals surface area contributed by atoms with Crippen LogP contribution in [0.15, 0.2) is 24.7 Å². The van der Waals surface area contributed by atoms with Crippen molar-refractivity contribution in [2.75, 3.05) is 12.0 Å². The standard InChI is InChI=1S/C13H10F4N4O3/c14-8-1-7(3-18-4-8)10(22)2-11(23)24-6-19-12-9(5-20-21-12)13(15,16)17/h1,3-5H,2,6H2,(H2,19,20,21). The number of Topliss-reactive ketones (excluding diaryl/α,β-unsaturated/α-hetero) is 1. The van der Waals surface area contributed by atoms with Gasteiger partial charge in [0.2, 0.25) is 0 Å². The third kappa shape index (κ3) is 4.51. The van der Waals surface area contributed by atoms with Crippen LogP contribution in [0.4, 0.5) is 23.4 Å². The highest BCUT2D eigenvalue weighted by atomic mass is 19.4. The SMILES string of the molecule is O=C(CC(=O)c1cncc(F)c1)OCNc1[nH]ncc1C(F)(F)F. The fourth-order valence-electron chi connectivity index (χ4n) is 1.67. The van der Waals surface area contributed by atoms with Gasteiger partial charge in [-0.2, -0.15) is 18.3 Å². The Hall–Kier alpha value is -2.98. The predicted octanol–water partition coefficient (Wildman–Crippen LogP) is 2.15. The average Bonchev–Trinajstić information content (AvgIpc) is 2.96. The fraction of sp³-hybridized carbons (Fsp3) is 0.231. The summed E-state index contributed by atoms with van der Waals surface area (Å²) < 4.78 is 55.2. The number of halogens is 4. The normalized spacial score (nSPS) is 11.2. The Morgan fingerprint density at radius 1 is 1.25 bits per heavy atom. The zero-order valence-electron chi connectivity index (χ0n) is 11.9. The van der Waals surface area contributed by atoms with Gasteiger partial charge in [-0.25, -0.2) is 4.39 Å². The van der Waals surface area contributed by atoms with E-state index in [0.717, 1.165) is 18.5 Å². The van der Waals surface area contributed by atoms with E-state index in [2.05, 4.69) is 25.2 Å². The molecule has 2 N–H and O–H groups in total. The molecule has 0 aliphatic heterocycles. The summed E-state index contributed by atoms with van der Waals surface area (Å²) >= 11 is 0. The van der Waals surface area contributed by atoms with Gasteiger partial charge in [-0.3, -0.25) is 19.7 Å². The van der Waals surface area contributed by atoms with Crippen LogP contribution < -0.4 is 5.32 Å². The van der Waals surface area contributed by atoms with Gasteiger partial charge in [-0.1, -0.05) is 0 Å². The van der Waals surface area contributed by atoms with Gasteiger partial charge in [0.25, 0.3) is 0 Å². The number of carbonyl (C=O) groups excluding carboxylic acids is 2. The van der Waals surface area contributed by atoms with Gasteiger partial charge in [0, 0.05) is 11.8 Å². The molecule has 2 aromatic rings. The van der Waals surface area contributed by atoms with Crippen molar-refractivity contribution < 1.29 is 31.9 Å². The molecule has 0 bridgehead atoms. The summed E-state index contributed by atoms with van der Waals surface area (Å²) in [5.74, 6) is -2.94. The molecule has 0 atom stereocenters. The summed E-state index contributed by atoms with van der Waals surface area (Å²) in [6.45, 7) is -0.612. The first kappa shape index (κ1) is 17.4. The molecule has 0 aliphatic rings. The topological polar surface area (TPSA) is 97.0 Å². The number of ether oxygens (including phenoxy) is 1. The van der Waals surface area contributed by atoms with E-state index in [4.69, 9.17) is 0 Å². The Balaban J connectivity index is 1.84. The highest BCUT2D eigenvalue weighted by Gasteiger charge is 2.35. The number of hydrogen-bond donors (Lipinski definition) is 2. The third-order valence-electron chi connectivity index (χ3n) is 2.76. The van der Waals surface area contributed by atoms with Crippen LogP contribution in [0, 0.1) is 5.82 Å². The van der Waals surface area contributed by atoms with Crippen LogP contribution in [0.25, 0.3) is 0 Å². The van der Waals surface area contributed by atoms with E-state index < -0.39 is 48.3 Å². The lowest BCUT2D eigenvalue weighted by molar-refractivity contribution is -0.141. The molecule has 0 fully saturated rings. The molecule has 2 rings (SSSR count). The molecule has 128 valence electrons. The first-order chi connectivity index (χ1) is 11.3. The molecule has 0 spiro atoms. The lowest BCUT2D eigenvalue weighted by Gasteiger charge is -2.09. The van der Waals surface area contributed by atoms with Gasteiger partial charge in [-0.15, -0.1) is 0 Å². The number of alkyl halides is 3. The van der Waals surface area contributed by atoms with E-state index in [0.29, 0.717) is 6.20 Å². The van der Waals surface area contributed by atoms with Gasteiger partial charge >= 0.3 is 12.1 Å². The second-order valence-corrected chi connectivity index (χ2v) is 4.49. The van der Waals surface area contributed by atoms with Crippen molar-refractivity contribution in [1.29, 1.82) is 0 Å². The zero-order valence-corrected chi connectivity index (χ0v) is 11.9. The number of anilines is 1. The highest BCUT2D eigenvalue weighted by molar-refractivity contribution is 6.05. The maximum absolute atomic E-state index is 12.9. The van der Waals surface area contributed by atoms with Crippen molar-refractivity contribution in [3.8, 4) is 0 Å². The Labute approximate surface area is 132 Å². The Morgan fingerprint density at radius 2 is 2.00 bits per heavy atom. The third-order valence-corrected chi connectivity index (χ3v) is 2.76. The molecule has 0 radical (unpaired) electrons. The predicted molar refractivity (Wildman–Crippen MR) is 71.3 cm³/mol. The summed E-state index contributed by atoms with van der Waals surface area (Å²) in [5, 5.41) is 7.50. The summed E-state index contributed by atoms with van der Waals surface area (Å²) in [7, 11) is 0. The van der Waals surface area contributed by atoms with Crippen LogP contribution in [0.1, 0.15) is 22.3 Å². The van der Waals surface area contributed by atoms with Gasteiger partial charge in [0.1, 0.15) is 23.6 Å². The molecule has 24 heavy (non-hydrogen) atoms. The van der Waals surface area contributed by atoms with E-state index in [1.165, 1.54) is 0 Å². The van der Waals surface area contributed by atoms with Crippen LogP contribution in [-0.4, -0.2) is 33.7 Å². The van der Waals surface area contributed by atoms with E-state index in [1.54, 1.807) is 0 Å². The molecule has 0 saturated heterocycles. The highest BCUT2D eigenvalue weighted by Crippen LogP contribution is 2.33. The maximum atomic E-state index is 12.9. The van der Waals surface area contributed by atoms with Gasteiger partial charge in [0.15, 0.2) is 12.5 Å². The first-order valence-corrected chi connectivity index (χ1v) is 6.41. The molecular weight excluding hydrogens is 336 g/mol. The molecule has 2 aromatic heterocycles. The van der Waals surface area contributed by atoms with Gasteiger partial charge in [0.05, 0.1) is 12.4 Å². The summed E-state index contributed by atoms with van der Waals surface area (Å²) in [5.41, 5.74) is -1.17. The number of H-pyrrole nitrogens is 1. The average molecular weight is 346 g/mol. The van der Waals surface area contributed by atoms with Crippen LogP contribution >= 0.6 is 0 Å². The number of aromatic amines is 1. The number of ketones is 1. The van der Waals surface area contributed by atoms with Crippen molar-refractivity contribution in [1.82, 2.24) is 15.2 Å². The second-order valence-electron chi connectivity index (χ2n) is 4.49. The maximum Gasteiger partial charge on any atom is 0.421 e. The van der Waals surface area contributed by atoms with Crippen LogP contribution in [0.3, 0.4) is 0 Å². The fourth-order valence-corrected chi connectivity index (χ4v) is 1.67. The molecular formula is C13H10F4N4O3. The van der Waals surface area contributed by atoms with Crippen LogP contribution in [0.2, 0.25) is 0 Å². The number of pyridine rings is 1. The van der Waals surface area contributed by atoms with Crippen molar-refractivity contribution >= 4 is 17.6 Å². The molecule has 0 aromatic carbocycles. The quantitative estimate of drug-likeness (QED) is 0.273. The minimum absolute atomic E-state index is 0.118. The molecule has 0 unspecified atom stereocenters. The summed E-state index contributed by atoms with van der Waals surface area (Å²) in [4.78, 5) is 26.6. The molecule has 0 saturated carbocycles. The number of hydrogen-bond acceptors (Lipinski definition) is 6. The monoisotopic (exact) mass is 346 g/mol. The second kappa shape index (κ2) is 7.06. The lowest BCUT2D eigenvalue weighted by Crippen LogP contribution is -2.17. The van der Waals surface area contributed by atoms with Gasteiger partial charge < -0.3 is 10.1 Å². The van der Waals surface area contributed by atoms with E-state index in [1.807, 2.05) is 0 Å². The molecule has 7 nitrogen and oxygen atoms in total. The summed E-state index contributed by atoms with van der Waals surface area (Å²) in [6.07, 6.45) is -2.79. The number of nitrogens with one attached hydrogen (secondary N) is 2. The summed E-state index contributed by atoms with van der Waals surface area (Å²) in [6, 6.07) is 0.904. The van der Waals surface area contributed by atoms with Crippen LogP contribution in [-0.2, 0) is 15.7 Å². The smallest absolute Gasteiger partial charge is 0.421 e. The Bertz CT molecular complexity index is 745. The largest absolute Gasteiger partial charge is 0.444 e. The van der Waals surface area contributed by atoms with Crippen molar-refractivity contribution in [2.24, 2.45) is 0 Å². The first-order valence-electron chi connectivity index (χ1n) is 6.41. The molecule has 11 heteroatoms. The number of esters is 1. The van der Waals surface area contributed by atoms with E-state index in [9.17, 15) is 27.2 Å². The number of carbonyl (C=O) groups is 2. The van der Waals surface area contributed by atoms with Gasteiger partial charge in [-0.05, 0) is 6.07 Å². The number of rotatable bonds is 6. The van der Waals surface area contributed by atoms with Crippen molar-refractivity contribution in [3.05, 3.63) is 41.6 Å². The van der Waals surface area contributed by atoms with E-state index in [-0.39, 0.29) is 5.56 Å². The lowest BCUT2D eigenvalue weighted by atomic mass is 10.1. The van der Waals surface area contributed by atoms with Crippen molar-refractivity contribution in [2.45, 2.75) is 12.6 Å². The molecule has 0 amide bonds. The minimum Gasteiger partial charge on any atom is -0.444 e. The van der Waals surface area contributed by atoms with Crippen LogP contribution in [0.5, 0.6) is 0 Å². The minimum atomic E-state index is -4.63. The molecule has 2 heterocycles. The zero-order chi connectivity index (χ0) is 17.7. The Kier molecular flexibility index (Phi) is 5.11. The number of aromatic nitrogens is 3. The van der Waals surface area contributed by atoms with E-state index >= 15 is 0 Å². The Morgan fingerprint density at radius 3 is 2.67 bits per heavy atom. The van der Waals surface area contributed by atoms with Crippen molar-refractivity contribution in [3.63, 3.8) is 0 Å².